The summed E-state index contributed by atoms with van der Waals surface area (Å²) in [7, 11) is 0. The van der Waals surface area contributed by atoms with E-state index in [0.29, 0.717) is 16.6 Å². The van der Waals surface area contributed by atoms with Crippen molar-refractivity contribution in [3.63, 3.8) is 0 Å². The second-order valence-electron chi connectivity index (χ2n) is 5.12. The first-order chi connectivity index (χ1) is 11.3. The molecule has 0 atom stereocenters. The molecule has 0 unspecified atom stereocenters. The first-order valence-electron chi connectivity index (χ1n) is 7.13. The van der Waals surface area contributed by atoms with Gasteiger partial charge in [0.15, 0.2) is 5.82 Å². The topological polar surface area (TPSA) is 89.6 Å². The Morgan fingerprint density at radius 2 is 1.61 bits per heavy atom. The molecule has 0 bridgehead atoms. The first-order valence-corrected chi connectivity index (χ1v) is 7.13. The van der Waals surface area contributed by atoms with Gasteiger partial charge >= 0.3 is 0 Å². The average Bonchev–Trinajstić information content (AvgIpc) is 3.02. The van der Waals surface area contributed by atoms with Crippen LogP contribution in [0.4, 0.5) is 5.82 Å². The van der Waals surface area contributed by atoms with Crippen molar-refractivity contribution in [2.45, 2.75) is 0 Å². The fourth-order valence-corrected chi connectivity index (χ4v) is 2.65. The zero-order valence-electron chi connectivity index (χ0n) is 12.1. The number of benzene rings is 2. The van der Waals surface area contributed by atoms with Crippen molar-refractivity contribution in [3.05, 3.63) is 71.0 Å². The monoisotopic (exact) mass is 303 g/mol. The molecule has 23 heavy (non-hydrogen) atoms. The molecular formula is C17H13N5O. The van der Waals surface area contributed by atoms with E-state index in [-0.39, 0.29) is 11.4 Å². The highest BCUT2D eigenvalue weighted by Gasteiger charge is 2.19. The van der Waals surface area contributed by atoms with Gasteiger partial charge in [0.2, 0.25) is 0 Å². The lowest BCUT2D eigenvalue weighted by molar-refractivity contribution is 0.903. The summed E-state index contributed by atoms with van der Waals surface area (Å²) in [6.07, 6.45) is 0. The van der Waals surface area contributed by atoms with Crippen LogP contribution >= 0.6 is 0 Å². The van der Waals surface area contributed by atoms with Crippen molar-refractivity contribution in [2.75, 3.05) is 5.73 Å². The lowest BCUT2D eigenvalue weighted by Gasteiger charge is -2.07. The zero-order valence-corrected chi connectivity index (χ0v) is 12.1. The van der Waals surface area contributed by atoms with Gasteiger partial charge < -0.3 is 5.73 Å². The molecule has 0 amide bonds. The molecule has 0 aliphatic rings. The predicted molar refractivity (Wildman–Crippen MR) is 89.3 cm³/mol. The number of nitrogens with one attached hydrogen (secondary N) is 1. The quantitative estimate of drug-likeness (QED) is 0.595. The lowest BCUT2D eigenvalue weighted by atomic mass is 10.1. The van der Waals surface area contributed by atoms with E-state index in [1.807, 2.05) is 60.7 Å². The number of aromatic nitrogens is 4. The summed E-state index contributed by atoms with van der Waals surface area (Å²) in [6, 6.07) is 19.3. The minimum atomic E-state index is -0.310. The minimum Gasteiger partial charge on any atom is -0.380 e. The first kappa shape index (κ1) is 13.3. The number of hydrogen-bond acceptors (Lipinski definition) is 4. The van der Waals surface area contributed by atoms with E-state index >= 15 is 0 Å². The summed E-state index contributed by atoms with van der Waals surface area (Å²) in [6.45, 7) is 0. The molecule has 0 saturated heterocycles. The van der Waals surface area contributed by atoms with Crippen LogP contribution < -0.4 is 11.3 Å². The van der Waals surface area contributed by atoms with Crippen molar-refractivity contribution in [1.82, 2.24) is 20.0 Å². The molecular weight excluding hydrogens is 290 g/mol. The number of fused-ring (bicyclic) bond motifs is 1. The van der Waals surface area contributed by atoms with Crippen LogP contribution in [0.3, 0.4) is 0 Å². The smallest absolute Gasteiger partial charge is 0.276 e. The molecule has 2 aromatic carbocycles. The summed E-state index contributed by atoms with van der Waals surface area (Å²) in [5, 5.41) is 11.2. The molecule has 4 rings (SSSR count). The number of nitrogens with two attached hydrogens (primary N) is 1. The Balaban J connectivity index is 2.17. The highest BCUT2D eigenvalue weighted by atomic mass is 16.1. The van der Waals surface area contributed by atoms with Crippen molar-refractivity contribution in [3.8, 4) is 16.9 Å². The number of nitrogens with zero attached hydrogens (tertiary/aromatic N) is 3. The van der Waals surface area contributed by atoms with Crippen LogP contribution in [0, 0.1) is 0 Å². The van der Waals surface area contributed by atoms with Gasteiger partial charge in [-0.2, -0.15) is 10.2 Å². The maximum absolute atomic E-state index is 12.3. The summed E-state index contributed by atoms with van der Waals surface area (Å²) < 4.78 is 1.73. The van der Waals surface area contributed by atoms with Crippen LogP contribution in [-0.4, -0.2) is 20.0 Å². The molecule has 0 spiro atoms. The van der Waals surface area contributed by atoms with Crippen LogP contribution in [-0.2, 0) is 0 Å². The fourth-order valence-electron chi connectivity index (χ4n) is 2.65. The van der Waals surface area contributed by atoms with Gasteiger partial charge in [0.1, 0.15) is 5.52 Å². The van der Waals surface area contributed by atoms with E-state index in [2.05, 4.69) is 15.3 Å². The number of anilines is 1. The van der Waals surface area contributed by atoms with Crippen LogP contribution in [0.15, 0.2) is 65.5 Å². The number of rotatable bonds is 2. The SMILES string of the molecule is Nc1n[nH]c(=O)c2c(-c3ccccc3)n(-c3ccccc3)nc12. The van der Waals surface area contributed by atoms with E-state index in [9.17, 15) is 4.79 Å². The van der Waals surface area contributed by atoms with Gasteiger partial charge in [-0.25, -0.2) is 9.78 Å². The molecule has 2 heterocycles. The highest BCUT2D eigenvalue weighted by molar-refractivity contribution is 5.97. The maximum atomic E-state index is 12.3. The van der Waals surface area contributed by atoms with Crippen molar-refractivity contribution in [2.24, 2.45) is 0 Å². The number of aromatic amines is 1. The minimum absolute atomic E-state index is 0.200. The van der Waals surface area contributed by atoms with Crippen LogP contribution in [0.1, 0.15) is 0 Å². The average molecular weight is 303 g/mol. The van der Waals surface area contributed by atoms with Gasteiger partial charge in [-0.3, -0.25) is 4.79 Å². The number of H-pyrrole nitrogens is 1. The molecule has 4 aromatic rings. The van der Waals surface area contributed by atoms with Crippen molar-refractivity contribution < 1.29 is 0 Å². The highest BCUT2D eigenvalue weighted by Crippen LogP contribution is 2.30. The molecule has 6 nitrogen and oxygen atoms in total. The predicted octanol–water partition coefficient (Wildman–Crippen LogP) is 2.36. The number of nitrogen functional groups attached to an aromatic ring is 1. The van der Waals surface area contributed by atoms with Gasteiger partial charge in [-0.1, -0.05) is 48.5 Å². The van der Waals surface area contributed by atoms with E-state index in [4.69, 9.17) is 5.73 Å². The van der Waals surface area contributed by atoms with E-state index in [1.54, 1.807) is 4.68 Å². The normalized spacial score (nSPS) is 11.0. The molecule has 0 fully saturated rings. The zero-order chi connectivity index (χ0) is 15.8. The lowest BCUT2D eigenvalue weighted by Crippen LogP contribution is -2.10. The summed E-state index contributed by atoms with van der Waals surface area (Å²) in [5.74, 6) is 0.200. The maximum Gasteiger partial charge on any atom is 0.276 e. The van der Waals surface area contributed by atoms with Crippen molar-refractivity contribution >= 4 is 16.7 Å². The van der Waals surface area contributed by atoms with E-state index in [0.717, 1.165) is 11.3 Å². The Morgan fingerprint density at radius 3 is 2.30 bits per heavy atom. The van der Waals surface area contributed by atoms with Crippen LogP contribution in [0.5, 0.6) is 0 Å². The molecule has 3 N–H and O–H groups in total. The van der Waals surface area contributed by atoms with Crippen molar-refractivity contribution in [1.29, 1.82) is 0 Å². The van der Waals surface area contributed by atoms with Gasteiger partial charge in [-0.15, -0.1) is 0 Å². The Bertz CT molecular complexity index is 1040. The van der Waals surface area contributed by atoms with Gasteiger partial charge in [0.05, 0.1) is 16.8 Å². The van der Waals surface area contributed by atoms with Crippen LogP contribution in [0.25, 0.3) is 27.8 Å². The Hall–Kier alpha value is -3.41. The molecule has 0 aliphatic heterocycles. The molecule has 0 aliphatic carbocycles. The second kappa shape index (κ2) is 5.10. The summed E-state index contributed by atoms with van der Waals surface area (Å²) in [4.78, 5) is 12.3. The third-order valence-electron chi connectivity index (χ3n) is 3.68. The molecule has 112 valence electrons. The van der Waals surface area contributed by atoms with E-state index < -0.39 is 0 Å². The van der Waals surface area contributed by atoms with E-state index in [1.165, 1.54) is 0 Å². The van der Waals surface area contributed by atoms with Gasteiger partial charge in [-0.05, 0) is 12.1 Å². The third kappa shape index (κ3) is 2.08. The molecule has 0 saturated carbocycles. The summed E-state index contributed by atoms with van der Waals surface area (Å²) in [5.41, 5.74) is 8.43. The molecule has 0 radical (unpaired) electrons. The Kier molecular flexibility index (Phi) is 2.94. The standard InChI is InChI=1S/C17H13N5O/c18-16-14-13(17(23)20-19-16)15(11-7-3-1-4-8-11)22(21-14)12-9-5-2-6-10-12/h1-10H,(H2,18,19)(H,20,23). The third-order valence-corrected chi connectivity index (χ3v) is 3.68. The molecule has 2 aromatic heterocycles. The number of para-hydroxylation sites is 1. The number of hydrogen-bond donors (Lipinski definition) is 2. The Morgan fingerprint density at radius 1 is 0.957 bits per heavy atom. The summed E-state index contributed by atoms with van der Waals surface area (Å²) >= 11 is 0. The van der Waals surface area contributed by atoms with Gasteiger partial charge in [0.25, 0.3) is 5.56 Å². The van der Waals surface area contributed by atoms with Gasteiger partial charge in [0, 0.05) is 5.56 Å². The fraction of sp³-hybridized carbons (Fsp3) is 0. The second-order valence-corrected chi connectivity index (χ2v) is 5.12. The van der Waals surface area contributed by atoms with Crippen LogP contribution in [0.2, 0.25) is 0 Å². The molecule has 6 heteroatoms. The largest absolute Gasteiger partial charge is 0.380 e. The Labute approximate surface area is 131 Å².